The van der Waals surface area contributed by atoms with Crippen molar-refractivity contribution in [2.45, 2.75) is 6.92 Å². The number of nitrogens with one attached hydrogen (secondary N) is 2. The molecule has 1 aliphatic heterocycles. The number of benzene rings is 3. The largest absolute Gasteiger partial charge is 0.454 e. The molecule has 3 aromatic carbocycles. The Labute approximate surface area is 187 Å². The Hall–Kier alpha value is -3.49. The predicted octanol–water partition coefficient (Wildman–Crippen LogP) is 5.13. The van der Waals surface area contributed by atoms with Gasteiger partial charge in [-0.3, -0.25) is 10.1 Å². The van der Waals surface area contributed by atoms with Crippen LogP contribution >= 0.6 is 23.6 Å². The Bertz CT molecular complexity index is 1300. The van der Waals surface area contributed by atoms with Crippen LogP contribution in [-0.2, 0) is 0 Å². The van der Waals surface area contributed by atoms with Gasteiger partial charge in [0, 0.05) is 16.8 Å². The maximum Gasteiger partial charge on any atom is 0.257 e. The van der Waals surface area contributed by atoms with Crippen LogP contribution in [0.15, 0.2) is 60.7 Å². The molecule has 0 saturated carbocycles. The number of para-hydroxylation sites is 1. The van der Waals surface area contributed by atoms with Crippen LogP contribution in [0.1, 0.15) is 15.9 Å². The zero-order valence-electron chi connectivity index (χ0n) is 16.5. The maximum atomic E-state index is 12.6. The van der Waals surface area contributed by atoms with Gasteiger partial charge in [0.15, 0.2) is 16.6 Å². The zero-order chi connectivity index (χ0) is 21.4. The van der Waals surface area contributed by atoms with Crippen molar-refractivity contribution in [3.05, 3.63) is 71.8 Å². The van der Waals surface area contributed by atoms with Gasteiger partial charge < -0.3 is 14.8 Å². The van der Waals surface area contributed by atoms with Crippen molar-refractivity contribution in [2.24, 2.45) is 0 Å². The molecule has 8 heteroatoms. The minimum absolute atomic E-state index is 0.157. The van der Waals surface area contributed by atoms with E-state index in [9.17, 15) is 4.79 Å². The normalized spacial score (nSPS) is 12.0. The summed E-state index contributed by atoms with van der Waals surface area (Å²) in [5.41, 5.74) is 4.22. The molecule has 4 aromatic rings. The van der Waals surface area contributed by atoms with E-state index in [0.29, 0.717) is 17.1 Å². The first-order valence-corrected chi connectivity index (χ1v) is 10.8. The standard InChI is InChI=1S/C23H17N3O3S2/c1-13-6-7-15(22-24-16-4-2-3-5-20(16)31-22)10-17(13)25-23(30)26-21(27)14-8-9-18-19(11-14)29-12-28-18/h2-11H,12H2,1H3,(H2,25,26,27,30). The number of aromatic nitrogens is 1. The third-order valence-corrected chi connectivity index (χ3v) is 6.18. The minimum Gasteiger partial charge on any atom is -0.454 e. The van der Waals surface area contributed by atoms with Crippen LogP contribution in [0.5, 0.6) is 11.5 Å². The summed E-state index contributed by atoms with van der Waals surface area (Å²) in [6, 6.07) is 19.1. The van der Waals surface area contributed by atoms with Gasteiger partial charge >= 0.3 is 0 Å². The number of ether oxygens (including phenoxy) is 2. The van der Waals surface area contributed by atoms with E-state index in [-0.39, 0.29) is 17.8 Å². The summed E-state index contributed by atoms with van der Waals surface area (Å²) in [6.07, 6.45) is 0. The van der Waals surface area contributed by atoms with E-state index in [1.165, 1.54) is 0 Å². The highest BCUT2D eigenvalue weighted by atomic mass is 32.1. The summed E-state index contributed by atoms with van der Waals surface area (Å²) in [6.45, 7) is 2.14. The molecule has 0 bridgehead atoms. The van der Waals surface area contributed by atoms with Gasteiger partial charge in [-0.05, 0) is 61.1 Å². The molecule has 0 saturated heterocycles. The molecule has 31 heavy (non-hydrogen) atoms. The quantitative estimate of drug-likeness (QED) is 0.425. The van der Waals surface area contributed by atoms with Gasteiger partial charge in [0.05, 0.1) is 10.2 Å². The van der Waals surface area contributed by atoms with Crippen molar-refractivity contribution in [1.82, 2.24) is 10.3 Å². The molecule has 154 valence electrons. The highest BCUT2D eigenvalue weighted by molar-refractivity contribution is 7.80. The Kier molecular flexibility index (Phi) is 5.01. The van der Waals surface area contributed by atoms with E-state index in [2.05, 4.69) is 16.7 Å². The first-order valence-electron chi connectivity index (χ1n) is 9.55. The second kappa shape index (κ2) is 7.98. The van der Waals surface area contributed by atoms with Crippen molar-refractivity contribution in [3.8, 4) is 22.1 Å². The number of amides is 1. The number of aryl methyl sites for hydroxylation is 1. The van der Waals surface area contributed by atoms with E-state index in [1.807, 2.05) is 43.3 Å². The Balaban J connectivity index is 1.32. The second-order valence-electron chi connectivity index (χ2n) is 6.99. The fourth-order valence-electron chi connectivity index (χ4n) is 3.25. The molecule has 0 radical (unpaired) electrons. The Morgan fingerprint density at radius 2 is 1.90 bits per heavy atom. The molecule has 1 aliphatic rings. The number of nitrogens with zero attached hydrogens (tertiary/aromatic N) is 1. The molecule has 5 rings (SSSR count). The number of hydrogen-bond donors (Lipinski definition) is 2. The molecule has 0 fully saturated rings. The third kappa shape index (κ3) is 3.95. The molecular formula is C23H17N3O3S2. The lowest BCUT2D eigenvalue weighted by molar-refractivity contribution is 0.0977. The molecule has 2 N–H and O–H groups in total. The number of carbonyl (C=O) groups is 1. The summed E-state index contributed by atoms with van der Waals surface area (Å²) < 4.78 is 11.7. The van der Waals surface area contributed by atoms with Crippen molar-refractivity contribution < 1.29 is 14.3 Å². The lowest BCUT2D eigenvalue weighted by Gasteiger charge is -2.13. The summed E-state index contributed by atoms with van der Waals surface area (Å²) >= 11 is 7.01. The molecule has 1 aromatic heterocycles. The average Bonchev–Trinajstić information content (AvgIpc) is 3.41. The van der Waals surface area contributed by atoms with Crippen LogP contribution in [0.4, 0.5) is 5.69 Å². The monoisotopic (exact) mass is 447 g/mol. The Morgan fingerprint density at radius 1 is 1.06 bits per heavy atom. The average molecular weight is 448 g/mol. The summed E-state index contributed by atoms with van der Waals surface area (Å²) in [7, 11) is 0. The molecule has 0 aliphatic carbocycles. The Morgan fingerprint density at radius 3 is 2.77 bits per heavy atom. The van der Waals surface area contributed by atoms with Crippen LogP contribution < -0.4 is 20.1 Å². The fourth-order valence-corrected chi connectivity index (χ4v) is 4.42. The first kappa shape index (κ1) is 19.5. The van der Waals surface area contributed by atoms with Gasteiger partial charge in [-0.2, -0.15) is 0 Å². The third-order valence-electron chi connectivity index (χ3n) is 4.89. The van der Waals surface area contributed by atoms with Crippen LogP contribution in [0, 0.1) is 6.92 Å². The number of rotatable bonds is 3. The van der Waals surface area contributed by atoms with Crippen LogP contribution in [-0.4, -0.2) is 22.8 Å². The maximum absolute atomic E-state index is 12.6. The summed E-state index contributed by atoms with van der Waals surface area (Å²) in [5, 5.41) is 6.99. The first-order chi connectivity index (χ1) is 15.1. The fraction of sp³-hybridized carbons (Fsp3) is 0.0870. The second-order valence-corrected chi connectivity index (χ2v) is 8.43. The summed E-state index contributed by atoms with van der Waals surface area (Å²) in [4.78, 5) is 17.3. The van der Waals surface area contributed by atoms with Crippen LogP contribution in [0.2, 0.25) is 0 Å². The lowest BCUT2D eigenvalue weighted by atomic mass is 10.1. The molecule has 6 nitrogen and oxygen atoms in total. The number of carbonyl (C=O) groups excluding carboxylic acids is 1. The minimum atomic E-state index is -0.323. The van der Waals surface area contributed by atoms with E-state index < -0.39 is 0 Å². The molecule has 0 spiro atoms. The molecular weight excluding hydrogens is 430 g/mol. The van der Waals surface area contributed by atoms with E-state index in [4.69, 9.17) is 26.7 Å². The van der Waals surface area contributed by atoms with Crippen molar-refractivity contribution >= 4 is 50.5 Å². The number of anilines is 1. The molecule has 1 amide bonds. The van der Waals surface area contributed by atoms with E-state index >= 15 is 0 Å². The molecule has 0 atom stereocenters. The van der Waals surface area contributed by atoms with Gasteiger partial charge in [0.2, 0.25) is 6.79 Å². The summed E-state index contributed by atoms with van der Waals surface area (Å²) in [5.74, 6) is 0.848. The lowest BCUT2D eigenvalue weighted by Crippen LogP contribution is -2.34. The van der Waals surface area contributed by atoms with Crippen molar-refractivity contribution in [2.75, 3.05) is 12.1 Å². The number of thiazole rings is 1. The number of fused-ring (bicyclic) bond motifs is 2. The van der Waals surface area contributed by atoms with Gasteiger partial charge in [0.1, 0.15) is 5.01 Å². The van der Waals surface area contributed by atoms with E-state index in [0.717, 1.165) is 32.0 Å². The molecule has 2 heterocycles. The zero-order valence-corrected chi connectivity index (χ0v) is 18.1. The number of hydrogen-bond acceptors (Lipinski definition) is 6. The van der Waals surface area contributed by atoms with Crippen molar-refractivity contribution in [3.63, 3.8) is 0 Å². The predicted molar refractivity (Wildman–Crippen MR) is 126 cm³/mol. The van der Waals surface area contributed by atoms with Gasteiger partial charge in [-0.1, -0.05) is 24.3 Å². The van der Waals surface area contributed by atoms with E-state index in [1.54, 1.807) is 29.5 Å². The van der Waals surface area contributed by atoms with Gasteiger partial charge in [-0.15, -0.1) is 11.3 Å². The van der Waals surface area contributed by atoms with Gasteiger partial charge in [-0.25, -0.2) is 4.98 Å². The van der Waals surface area contributed by atoms with Crippen LogP contribution in [0.3, 0.4) is 0 Å². The van der Waals surface area contributed by atoms with Crippen LogP contribution in [0.25, 0.3) is 20.8 Å². The van der Waals surface area contributed by atoms with Crippen molar-refractivity contribution in [1.29, 1.82) is 0 Å². The van der Waals surface area contributed by atoms with Gasteiger partial charge in [0.25, 0.3) is 5.91 Å². The highest BCUT2D eigenvalue weighted by Crippen LogP contribution is 2.33. The highest BCUT2D eigenvalue weighted by Gasteiger charge is 2.17. The smallest absolute Gasteiger partial charge is 0.257 e. The number of thiocarbonyl (C=S) groups is 1. The molecule has 0 unspecified atom stereocenters. The topological polar surface area (TPSA) is 72.5 Å². The SMILES string of the molecule is Cc1ccc(-c2nc3ccccc3s2)cc1NC(=S)NC(=O)c1ccc2c(c1)OCO2.